The van der Waals surface area contributed by atoms with E-state index in [2.05, 4.69) is 68.5 Å². The largest absolute Gasteiger partial charge is 0.493 e. The summed E-state index contributed by atoms with van der Waals surface area (Å²) >= 11 is 3.78. The summed E-state index contributed by atoms with van der Waals surface area (Å²) in [6.07, 6.45) is 1.24. The second kappa shape index (κ2) is 49.7. The molecular weight excluding hydrogens is 1690 g/mol. The molecule has 0 unspecified atom stereocenters. The minimum Gasteiger partial charge on any atom is -0.493 e. The summed E-state index contributed by atoms with van der Waals surface area (Å²) in [5, 5.41) is 51.6. The molecule has 0 radical (unpaired) electrons. The highest BCUT2D eigenvalue weighted by molar-refractivity contribution is 7.99. The van der Waals surface area contributed by atoms with Crippen molar-refractivity contribution in [2.45, 2.75) is 192 Å². The molecule has 0 aliphatic carbocycles. The van der Waals surface area contributed by atoms with Gasteiger partial charge in [-0.25, -0.2) is 0 Å². The van der Waals surface area contributed by atoms with Crippen LogP contribution in [0.15, 0.2) is 79.1 Å². The highest BCUT2D eigenvalue weighted by atomic mass is 32.2. The molecule has 5 heterocycles. The van der Waals surface area contributed by atoms with Crippen molar-refractivity contribution in [3.63, 3.8) is 0 Å². The van der Waals surface area contributed by atoms with Crippen LogP contribution >= 0.6 is 35.3 Å². The van der Waals surface area contributed by atoms with E-state index in [0.717, 1.165) is 4.90 Å². The number of carboxylic acid groups (broad SMARTS) is 1. The molecule has 0 spiro atoms. The predicted molar refractivity (Wildman–Crippen MR) is 473 cm³/mol. The number of likely N-dealkylation sites (N-methyl/N-ethyl adjacent to an activating group) is 1. The molecule has 2 aromatic heterocycles. The van der Waals surface area contributed by atoms with Crippen LogP contribution < -0.4 is 84.2 Å². The van der Waals surface area contributed by atoms with Gasteiger partial charge in [0, 0.05) is 115 Å². The second-order valence-corrected chi connectivity index (χ2v) is 35.4. The minimum atomic E-state index is -1.92. The average molecular weight is 1810 g/mol. The normalized spacial score (nSPS) is 23.9. The lowest BCUT2D eigenvalue weighted by atomic mass is 9.98. The number of thioether (sulfide) groups is 3. The smallest absolute Gasteiger partial charge is 0.305 e. The summed E-state index contributed by atoms with van der Waals surface area (Å²) < 4.78 is 18.9. The fraction of sp³-hybridized carbons (Fsp3) is 0.553. The van der Waals surface area contributed by atoms with Crippen molar-refractivity contribution < 1.29 is 101 Å². The van der Waals surface area contributed by atoms with Crippen LogP contribution in [0, 0.1) is 17.8 Å². The van der Waals surface area contributed by atoms with E-state index in [0.29, 0.717) is 87.4 Å². The molecule has 688 valence electrons. The predicted octanol–water partition coefficient (Wildman–Crippen LogP) is 0.0886. The first kappa shape index (κ1) is 100. The van der Waals surface area contributed by atoms with E-state index < -0.39 is 211 Å². The fourth-order valence-corrected chi connectivity index (χ4v) is 17.2. The first-order valence-corrected chi connectivity index (χ1v) is 45.7. The molecule has 38 nitrogen and oxygen atoms in total. The minimum absolute atomic E-state index is 0.0219. The third-order valence-corrected chi connectivity index (χ3v) is 24.8. The van der Waals surface area contributed by atoms with Crippen LogP contribution in [0.2, 0.25) is 0 Å². The Morgan fingerprint density at radius 1 is 0.571 bits per heavy atom. The Balaban J connectivity index is 1.13. The zero-order chi connectivity index (χ0) is 91.8. The molecule has 8 rings (SSSR count). The standard InChI is InChI=1S/C85H119N17O21S3/c1-9-58-78(113)97-65-45-126-31-17-28-123-55-36-53(121-26-15-29-124-43-52(76(111)100-74(49(7)103)84(119)93-58)34-67(104)48(6)91-69(106)42-101(8)70(107)23-24-86)35-54(37-55)122-27-16-30-125-44-64(75(87)110)96-82(117)66-22-14-25-102(66)85(120)73(47(4)5)99-79(114)61(32-50-39-88-59-20-12-10-18-56(50)59)92-68(105)41-90-77(112)63(38-71(108)109)95-83(118)72(46(2)3)98-80(115)62(94-81(65)116)33-51-40-89-60-21-13-11-19-57(51)60/h10-13,18-21,35-37,39-40,46-49,52,58,61-66,72-74,88-89,103H,9,14-17,22-34,38,41-45,86H2,1-8H3,(H2,87,110)(H,90,112)(H,91,106)(H,92,105)(H,93,119)(H,94,116)(H,95,118)(H,96,117)(H,97,113)(H,98,115)(H,99,114)(H,100,111)(H,108,109)/t48-,49+,52-,58-,61-,62-,63-,64-,65-,66-,72-,73-,74-/m0/s1. The number of carbonyl (C=O) groups excluding carboxylic acids is 15. The third kappa shape index (κ3) is 30.3. The van der Waals surface area contributed by atoms with Crippen LogP contribution in [0.25, 0.3) is 21.8 Å². The average Bonchev–Trinajstić information content (AvgIpc) is 1.83. The van der Waals surface area contributed by atoms with Gasteiger partial charge in [-0.3, -0.25) is 76.7 Å². The number of hydrogen-bond donors (Lipinski definition) is 17. The Hall–Kier alpha value is -11.2. The Kier molecular flexibility index (Phi) is 39.5. The van der Waals surface area contributed by atoms with E-state index in [1.807, 2.05) is 0 Å². The number of primary amides is 1. The van der Waals surface area contributed by atoms with Crippen LogP contribution in [-0.4, -0.2) is 285 Å². The van der Waals surface area contributed by atoms with Gasteiger partial charge < -0.3 is 114 Å². The van der Waals surface area contributed by atoms with E-state index in [1.165, 1.54) is 61.1 Å². The summed E-state index contributed by atoms with van der Waals surface area (Å²) in [6, 6.07) is 3.16. The van der Waals surface area contributed by atoms with Crippen molar-refractivity contribution in [1.29, 1.82) is 0 Å². The highest BCUT2D eigenvalue weighted by Gasteiger charge is 2.42. The quantitative estimate of drug-likeness (QED) is 0.0521. The lowest BCUT2D eigenvalue weighted by Gasteiger charge is -2.32. The summed E-state index contributed by atoms with van der Waals surface area (Å²) in [7, 11) is 1.40. The number of rotatable bonds is 19. The molecule has 3 aromatic carbocycles. The fourth-order valence-electron chi connectivity index (χ4n) is 14.3. The number of nitrogens with one attached hydrogen (secondary N) is 13. The number of nitrogens with two attached hydrogens (primary N) is 2. The summed E-state index contributed by atoms with van der Waals surface area (Å²) in [5.41, 5.74) is 13.8. The SMILES string of the molecule is CC[C@@H]1NC(=O)[C@H]([C@@H](C)O)NC(=O)[C@@H](CC(=O)[C@H](C)NC(=O)CN(C)C(=O)CCN)CSCCCOc2cc3cc(c2)OCCCSC[C@H](NC1=O)C(=O)N[C@@H](Cc1c[nH]c2ccccc12)C(=O)N[C@@H](C(C)C)C(=O)N[C@@H](CC(=O)O)C(=O)NCC(=O)N[C@@H](Cc1c[nH]c2ccccc12)C(=O)N[C@@H](C(C)C)C(=O)N1CCC[C@H]1C(=O)N[C@H](C(N)=O)CSCCCO3. The van der Waals surface area contributed by atoms with Gasteiger partial charge in [-0.2, -0.15) is 35.3 Å². The van der Waals surface area contributed by atoms with Crippen molar-refractivity contribution in [3.05, 3.63) is 90.3 Å². The lowest BCUT2D eigenvalue weighted by Crippen LogP contribution is -2.61. The summed E-state index contributed by atoms with van der Waals surface area (Å²) in [6.45, 7) is 9.82. The Labute approximate surface area is 742 Å². The Morgan fingerprint density at radius 2 is 1.08 bits per heavy atom. The number of ether oxygens (including phenoxy) is 3. The number of nitrogens with zero attached hydrogens (tertiary/aromatic N) is 2. The van der Waals surface area contributed by atoms with Gasteiger partial charge in [0.15, 0.2) is 5.78 Å². The summed E-state index contributed by atoms with van der Waals surface area (Å²) in [5.74, 6) is -14.9. The first-order valence-electron chi connectivity index (χ1n) is 42.3. The third-order valence-electron chi connectivity index (χ3n) is 21.3. The van der Waals surface area contributed by atoms with Gasteiger partial charge in [0.1, 0.15) is 77.7 Å². The molecular formula is C85H119N17O21S3. The molecule has 4 bridgehead atoms. The number of hydrogen-bond acceptors (Lipinski definition) is 24. The van der Waals surface area contributed by atoms with Crippen LogP contribution in [0.4, 0.5) is 0 Å². The number of fused-ring (bicyclic) bond motifs is 11. The first-order chi connectivity index (χ1) is 60.1. The van der Waals surface area contributed by atoms with E-state index >= 15 is 9.59 Å². The molecule has 5 aromatic rings. The van der Waals surface area contributed by atoms with E-state index in [-0.39, 0.29) is 88.0 Å². The molecule has 41 heteroatoms. The number of carboxylic acids is 1. The maximum absolute atomic E-state index is 15.3. The zero-order valence-electron chi connectivity index (χ0n) is 72.1. The van der Waals surface area contributed by atoms with E-state index in [9.17, 15) is 77.3 Å². The number of benzene rings is 3. The molecule has 1 fully saturated rings. The maximum atomic E-state index is 15.3. The maximum Gasteiger partial charge on any atom is 0.305 e. The van der Waals surface area contributed by atoms with E-state index in [1.54, 1.807) is 114 Å². The number of para-hydroxylation sites is 2. The van der Waals surface area contributed by atoms with Gasteiger partial charge in [0.05, 0.1) is 57.4 Å². The molecule has 1 saturated heterocycles. The summed E-state index contributed by atoms with van der Waals surface area (Å²) in [4.78, 5) is 235. The van der Waals surface area contributed by atoms with Gasteiger partial charge in [-0.1, -0.05) is 71.0 Å². The van der Waals surface area contributed by atoms with Crippen molar-refractivity contribution in [1.82, 2.24) is 78.3 Å². The zero-order valence-corrected chi connectivity index (χ0v) is 74.5. The van der Waals surface area contributed by atoms with Gasteiger partial charge >= 0.3 is 5.97 Å². The molecule has 14 amide bonds. The monoisotopic (exact) mass is 1810 g/mol. The van der Waals surface area contributed by atoms with Gasteiger partial charge in [-0.05, 0) is 105 Å². The number of carbonyl (C=O) groups is 16. The van der Waals surface area contributed by atoms with Crippen molar-refractivity contribution >= 4 is 152 Å². The molecule has 3 aliphatic heterocycles. The van der Waals surface area contributed by atoms with Gasteiger partial charge in [-0.15, -0.1) is 0 Å². The van der Waals surface area contributed by atoms with Crippen molar-refractivity contribution in [3.8, 4) is 17.2 Å². The van der Waals surface area contributed by atoms with E-state index in [4.69, 9.17) is 25.7 Å². The van der Waals surface area contributed by atoms with Crippen LogP contribution in [0.3, 0.4) is 0 Å². The number of Topliss-reactive ketones (excluding diaryl/α,β-unsaturated/α-hetero) is 1. The van der Waals surface area contributed by atoms with Crippen LogP contribution in [0.5, 0.6) is 17.2 Å². The number of aliphatic carboxylic acids is 1. The molecule has 19 N–H and O–H groups in total. The number of aliphatic hydroxyl groups excluding tert-OH is 1. The number of amides is 14. The number of aromatic nitrogens is 2. The highest BCUT2D eigenvalue weighted by Crippen LogP contribution is 2.31. The second-order valence-electron chi connectivity index (χ2n) is 32.0. The van der Waals surface area contributed by atoms with Crippen LogP contribution in [-0.2, 0) is 89.6 Å². The van der Waals surface area contributed by atoms with Crippen LogP contribution in [0.1, 0.15) is 117 Å². The molecule has 3 aliphatic rings. The Bertz CT molecular complexity index is 4660. The van der Waals surface area contributed by atoms with Crippen molar-refractivity contribution in [2.24, 2.45) is 29.2 Å². The van der Waals surface area contributed by atoms with Gasteiger partial charge in [0.2, 0.25) is 82.7 Å². The number of ketones is 1. The number of aromatic amines is 2. The number of aliphatic hydroxyl groups is 1. The molecule has 126 heavy (non-hydrogen) atoms. The molecule has 13 atom stereocenters. The Morgan fingerprint density at radius 3 is 1.62 bits per heavy atom. The molecule has 0 saturated carbocycles. The lowest BCUT2D eigenvalue weighted by molar-refractivity contribution is -0.143. The van der Waals surface area contributed by atoms with Crippen molar-refractivity contribution in [2.75, 3.05) is 87.6 Å². The number of H-pyrrole nitrogens is 2. The van der Waals surface area contributed by atoms with Gasteiger partial charge in [0.25, 0.3) is 0 Å². The topological polar surface area (TPSA) is 564 Å².